The fourth-order valence-corrected chi connectivity index (χ4v) is 2.69. The summed E-state index contributed by atoms with van der Waals surface area (Å²) in [5.74, 6) is 1.09. The van der Waals surface area contributed by atoms with Crippen LogP contribution in [-0.2, 0) is 6.54 Å². The number of amides is 1. The third-order valence-electron chi connectivity index (χ3n) is 4.32. The number of nitrogens with zero attached hydrogens (tertiary/aromatic N) is 4. The second-order valence-corrected chi connectivity index (χ2v) is 6.11. The molecule has 1 aliphatic rings. The van der Waals surface area contributed by atoms with E-state index in [-0.39, 0.29) is 5.91 Å². The van der Waals surface area contributed by atoms with E-state index in [1.807, 2.05) is 23.6 Å². The number of aliphatic hydroxyl groups is 1. The van der Waals surface area contributed by atoms with Gasteiger partial charge in [0.25, 0.3) is 5.91 Å². The summed E-state index contributed by atoms with van der Waals surface area (Å²) in [6.45, 7) is 3.21. The third kappa shape index (κ3) is 3.42. The summed E-state index contributed by atoms with van der Waals surface area (Å²) >= 11 is 0. The third-order valence-corrected chi connectivity index (χ3v) is 4.32. The van der Waals surface area contributed by atoms with E-state index < -0.39 is 6.10 Å². The van der Waals surface area contributed by atoms with Crippen LogP contribution in [0.15, 0.2) is 30.6 Å². The minimum absolute atomic E-state index is 0.0757. The maximum atomic E-state index is 12.4. The van der Waals surface area contributed by atoms with E-state index in [2.05, 4.69) is 10.2 Å². The summed E-state index contributed by atoms with van der Waals surface area (Å²) in [4.78, 5) is 14.0. The molecule has 0 saturated heterocycles. The number of hydrogen-bond donors (Lipinski definition) is 1. The number of carbonyl (C=O) groups is 1. The van der Waals surface area contributed by atoms with Crippen molar-refractivity contribution in [2.24, 2.45) is 5.92 Å². The summed E-state index contributed by atoms with van der Waals surface area (Å²) in [5.41, 5.74) is 1.54. The van der Waals surface area contributed by atoms with Crippen LogP contribution in [0, 0.1) is 5.92 Å². The van der Waals surface area contributed by atoms with Gasteiger partial charge in [-0.3, -0.25) is 4.79 Å². The number of hydrogen-bond acceptors (Lipinski definition) is 4. The highest BCUT2D eigenvalue weighted by atomic mass is 16.3. The monoisotopic (exact) mass is 314 g/mol. The molecule has 1 fully saturated rings. The van der Waals surface area contributed by atoms with Crippen molar-refractivity contribution in [3.8, 4) is 11.4 Å². The first-order chi connectivity index (χ1) is 11.1. The molecule has 1 aliphatic carbocycles. The average molecular weight is 314 g/mol. The quantitative estimate of drug-likeness (QED) is 0.882. The Morgan fingerprint density at radius 3 is 2.70 bits per heavy atom. The van der Waals surface area contributed by atoms with Crippen LogP contribution in [0.25, 0.3) is 11.4 Å². The molecule has 3 rings (SSSR count). The molecule has 1 heterocycles. The standard InChI is InChI=1S/C17H22N4O2/c1-3-21-11-18-19-16(21)13-6-8-14(9-7-13)17(23)20(2)10-15(22)12-4-5-12/h6-9,11-12,15,22H,3-5,10H2,1-2H3. The summed E-state index contributed by atoms with van der Waals surface area (Å²) < 4.78 is 1.95. The number of aliphatic hydroxyl groups excluding tert-OH is 1. The maximum absolute atomic E-state index is 12.4. The van der Waals surface area contributed by atoms with Crippen LogP contribution in [0.2, 0.25) is 0 Å². The molecule has 1 amide bonds. The molecular weight excluding hydrogens is 292 g/mol. The van der Waals surface area contributed by atoms with Crippen molar-refractivity contribution in [3.05, 3.63) is 36.2 Å². The molecule has 6 heteroatoms. The van der Waals surface area contributed by atoms with E-state index in [9.17, 15) is 9.90 Å². The zero-order chi connectivity index (χ0) is 16.4. The van der Waals surface area contributed by atoms with Crippen molar-refractivity contribution in [3.63, 3.8) is 0 Å². The Morgan fingerprint density at radius 1 is 1.39 bits per heavy atom. The number of likely N-dealkylation sites (N-methyl/N-ethyl adjacent to an activating group) is 1. The van der Waals surface area contributed by atoms with Gasteiger partial charge in [0.1, 0.15) is 6.33 Å². The molecule has 1 saturated carbocycles. The highest BCUT2D eigenvalue weighted by Crippen LogP contribution is 2.32. The first-order valence-electron chi connectivity index (χ1n) is 8.02. The van der Waals surface area contributed by atoms with Crippen LogP contribution in [0.3, 0.4) is 0 Å². The Kier molecular flexibility index (Phi) is 4.43. The summed E-state index contributed by atoms with van der Waals surface area (Å²) in [7, 11) is 1.73. The zero-order valence-corrected chi connectivity index (χ0v) is 13.5. The Balaban J connectivity index is 1.69. The lowest BCUT2D eigenvalue weighted by Crippen LogP contribution is -2.35. The van der Waals surface area contributed by atoms with E-state index >= 15 is 0 Å². The lowest BCUT2D eigenvalue weighted by molar-refractivity contribution is 0.0645. The molecule has 0 radical (unpaired) electrons. The molecule has 1 unspecified atom stereocenters. The molecule has 23 heavy (non-hydrogen) atoms. The molecule has 1 aromatic carbocycles. The molecule has 1 aromatic heterocycles. The van der Waals surface area contributed by atoms with Crippen molar-refractivity contribution < 1.29 is 9.90 Å². The van der Waals surface area contributed by atoms with Gasteiger partial charge in [0.2, 0.25) is 0 Å². The van der Waals surface area contributed by atoms with Gasteiger partial charge in [-0.25, -0.2) is 0 Å². The van der Waals surface area contributed by atoms with E-state index in [0.717, 1.165) is 30.8 Å². The van der Waals surface area contributed by atoms with Gasteiger partial charge in [0, 0.05) is 31.3 Å². The predicted octanol–water partition coefficient (Wildman–Crippen LogP) is 1.81. The van der Waals surface area contributed by atoms with Crippen molar-refractivity contribution in [1.82, 2.24) is 19.7 Å². The first kappa shape index (κ1) is 15.7. The minimum Gasteiger partial charge on any atom is -0.391 e. The number of carbonyl (C=O) groups excluding carboxylic acids is 1. The Labute approximate surface area is 135 Å². The maximum Gasteiger partial charge on any atom is 0.253 e. The topological polar surface area (TPSA) is 71.2 Å². The van der Waals surface area contributed by atoms with Crippen molar-refractivity contribution >= 4 is 5.91 Å². The fraction of sp³-hybridized carbons (Fsp3) is 0.471. The van der Waals surface area contributed by atoms with Gasteiger partial charge in [-0.1, -0.05) is 12.1 Å². The Hall–Kier alpha value is -2.21. The molecule has 122 valence electrons. The van der Waals surface area contributed by atoms with Crippen LogP contribution in [0.1, 0.15) is 30.1 Å². The SMILES string of the molecule is CCn1cnnc1-c1ccc(C(=O)N(C)CC(O)C2CC2)cc1. The van der Waals surface area contributed by atoms with Gasteiger partial charge in [-0.2, -0.15) is 0 Å². The van der Waals surface area contributed by atoms with Gasteiger partial charge >= 0.3 is 0 Å². The predicted molar refractivity (Wildman–Crippen MR) is 86.8 cm³/mol. The van der Waals surface area contributed by atoms with Crippen LogP contribution < -0.4 is 0 Å². The fourth-order valence-electron chi connectivity index (χ4n) is 2.69. The molecule has 2 aromatic rings. The van der Waals surface area contributed by atoms with Gasteiger partial charge in [-0.05, 0) is 37.8 Å². The van der Waals surface area contributed by atoms with Crippen molar-refractivity contribution in [2.45, 2.75) is 32.4 Å². The molecule has 6 nitrogen and oxygen atoms in total. The average Bonchev–Trinajstić information content (AvgIpc) is 3.32. The molecule has 0 aliphatic heterocycles. The van der Waals surface area contributed by atoms with E-state index in [1.54, 1.807) is 30.4 Å². The summed E-state index contributed by atoms with van der Waals surface area (Å²) in [5, 5.41) is 18.0. The second-order valence-electron chi connectivity index (χ2n) is 6.11. The Bertz CT molecular complexity index is 676. The van der Waals surface area contributed by atoms with E-state index in [0.29, 0.717) is 18.0 Å². The highest BCUT2D eigenvalue weighted by molar-refractivity contribution is 5.94. The van der Waals surface area contributed by atoms with Crippen LogP contribution in [-0.4, -0.2) is 50.4 Å². The van der Waals surface area contributed by atoms with E-state index in [4.69, 9.17) is 0 Å². The van der Waals surface area contributed by atoms with Crippen LogP contribution in [0.5, 0.6) is 0 Å². The van der Waals surface area contributed by atoms with Gasteiger partial charge in [0.15, 0.2) is 5.82 Å². The highest BCUT2D eigenvalue weighted by Gasteiger charge is 2.31. The second kappa shape index (κ2) is 6.50. The number of aryl methyl sites for hydroxylation is 1. The number of aromatic nitrogens is 3. The minimum atomic E-state index is -0.411. The van der Waals surface area contributed by atoms with Crippen LogP contribution in [0.4, 0.5) is 0 Å². The summed E-state index contributed by atoms with van der Waals surface area (Å²) in [6.07, 6.45) is 3.42. The van der Waals surface area contributed by atoms with E-state index in [1.165, 1.54) is 0 Å². The molecule has 1 N–H and O–H groups in total. The first-order valence-corrected chi connectivity index (χ1v) is 8.02. The normalized spacial score (nSPS) is 15.4. The van der Waals surface area contributed by atoms with Gasteiger partial charge < -0.3 is 14.6 Å². The molecular formula is C17H22N4O2. The molecule has 0 spiro atoms. The largest absolute Gasteiger partial charge is 0.391 e. The lowest BCUT2D eigenvalue weighted by atomic mass is 10.1. The van der Waals surface area contributed by atoms with Gasteiger partial charge in [-0.15, -0.1) is 10.2 Å². The smallest absolute Gasteiger partial charge is 0.253 e. The summed E-state index contributed by atoms with van der Waals surface area (Å²) in [6, 6.07) is 7.36. The van der Waals surface area contributed by atoms with Crippen molar-refractivity contribution in [1.29, 1.82) is 0 Å². The Morgan fingerprint density at radius 2 is 2.09 bits per heavy atom. The van der Waals surface area contributed by atoms with Crippen molar-refractivity contribution in [2.75, 3.05) is 13.6 Å². The molecule has 1 atom stereocenters. The zero-order valence-electron chi connectivity index (χ0n) is 13.5. The van der Waals surface area contributed by atoms with Crippen LogP contribution >= 0.6 is 0 Å². The molecule has 0 bridgehead atoms. The lowest BCUT2D eigenvalue weighted by Gasteiger charge is -2.20. The number of benzene rings is 1. The van der Waals surface area contributed by atoms with Gasteiger partial charge in [0.05, 0.1) is 6.10 Å². The number of rotatable bonds is 6.